The average Bonchev–Trinajstić information content (AvgIpc) is 3.32. The number of imide groups is 1. The van der Waals surface area contributed by atoms with Crippen LogP contribution < -0.4 is 10.6 Å². The first kappa shape index (κ1) is 18.5. The molecule has 0 bridgehead atoms. The summed E-state index contributed by atoms with van der Waals surface area (Å²) >= 11 is 0. The number of nitrogens with one attached hydrogen (secondary N) is 2. The van der Waals surface area contributed by atoms with Crippen LogP contribution in [-0.4, -0.2) is 41.4 Å². The van der Waals surface area contributed by atoms with Crippen molar-refractivity contribution in [2.24, 2.45) is 0 Å². The molecule has 4 rings (SSSR count). The summed E-state index contributed by atoms with van der Waals surface area (Å²) in [5, 5.41) is 6.13. The molecule has 1 aliphatic heterocycles. The zero-order valence-electron chi connectivity index (χ0n) is 15.6. The number of carbonyl (C=O) groups is 3. The van der Waals surface area contributed by atoms with E-state index in [1.54, 1.807) is 6.92 Å². The normalized spacial score (nSPS) is 18.3. The van der Waals surface area contributed by atoms with Gasteiger partial charge in [-0.25, -0.2) is 9.18 Å². The fourth-order valence-corrected chi connectivity index (χ4v) is 4.13. The maximum atomic E-state index is 13.4. The smallest absolute Gasteiger partial charge is 0.325 e. The molecule has 1 aromatic heterocycles. The Labute approximate surface area is 161 Å². The largest absolute Gasteiger partial charge is 0.451 e. The Balaban J connectivity index is 1.33. The number of furan rings is 1. The van der Waals surface area contributed by atoms with E-state index in [1.807, 2.05) is 0 Å². The quantitative estimate of drug-likeness (QED) is 0.610. The van der Waals surface area contributed by atoms with E-state index in [4.69, 9.17) is 4.42 Å². The van der Waals surface area contributed by atoms with Crippen molar-refractivity contribution in [1.82, 2.24) is 15.5 Å². The van der Waals surface area contributed by atoms with Crippen LogP contribution in [0.2, 0.25) is 0 Å². The molecule has 4 amide bonds. The van der Waals surface area contributed by atoms with Crippen LogP contribution in [0.15, 0.2) is 22.6 Å². The summed E-state index contributed by atoms with van der Waals surface area (Å²) in [6.07, 6.45) is 3.70. The molecule has 0 radical (unpaired) electrons. The minimum atomic E-state index is -0.707. The minimum absolute atomic E-state index is 0.139. The molecule has 0 unspecified atom stereocenters. The van der Waals surface area contributed by atoms with E-state index >= 15 is 0 Å². The summed E-state index contributed by atoms with van der Waals surface area (Å²) in [7, 11) is 0. The summed E-state index contributed by atoms with van der Waals surface area (Å²) in [5.74, 6) is -0.812. The Morgan fingerprint density at radius 3 is 2.82 bits per heavy atom. The maximum Gasteiger partial charge on any atom is 0.325 e. The Kier molecular flexibility index (Phi) is 4.56. The third-order valence-corrected chi connectivity index (χ3v) is 5.65. The predicted molar refractivity (Wildman–Crippen MR) is 99.3 cm³/mol. The van der Waals surface area contributed by atoms with Gasteiger partial charge in [-0.2, -0.15) is 0 Å². The van der Waals surface area contributed by atoms with E-state index in [9.17, 15) is 18.8 Å². The van der Waals surface area contributed by atoms with Crippen LogP contribution in [-0.2, 0) is 4.79 Å². The van der Waals surface area contributed by atoms with Crippen LogP contribution in [0.4, 0.5) is 9.18 Å². The standard InChI is InChI=1S/C20H22FN3O4/c1-12-14-11-13(21)5-6-15(14)28-16(12)17(25)22-9-4-10-24-18(26)20(23-19(24)27)7-2-3-8-20/h5-6,11H,2-4,7-10H2,1H3,(H,22,25)(H,23,27). The molecule has 2 aromatic rings. The lowest BCUT2D eigenvalue weighted by molar-refractivity contribution is -0.131. The lowest BCUT2D eigenvalue weighted by atomic mass is 9.98. The Morgan fingerprint density at radius 1 is 1.32 bits per heavy atom. The van der Waals surface area contributed by atoms with Crippen molar-refractivity contribution in [2.75, 3.05) is 13.1 Å². The van der Waals surface area contributed by atoms with Crippen LogP contribution in [0.5, 0.6) is 0 Å². The lowest BCUT2D eigenvalue weighted by Gasteiger charge is -2.20. The van der Waals surface area contributed by atoms with Crippen molar-refractivity contribution in [3.8, 4) is 0 Å². The zero-order valence-corrected chi connectivity index (χ0v) is 15.6. The highest BCUT2D eigenvalue weighted by molar-refractivity contribution is 6.07. The van der Waals surface area contributed by atoms with E-state index in [0.29, 0.717) is 35.8 Å². The van der Waals surface area contributed by atoms with E-state index in [0.717, 1.165) is 12.8 Å². The number of nitrogens with zero attached hydrogens (tertiary/aromatic N) is 1. The van der Waals surface area contributed by atoms with Crippen molar-refractivity contribution < 1.29 is 23.2 Å². The first-order valence-corrected chi connectivity index (χ1v) is 9.52. The molecule has 1 aromatic carbocycles. The van der Waals surface area contributed by atoms with Gasteiger partial charge in [0.2, 0.25) is 0 Å². The van der Waals surface area contributed by atoms with Crippen LogP contribution in [0.25, 0.3) is 11.0 Å². The molecule has 1 aliphatic carbocycles. The molecule has 0 atom stereocenters. The monoisotopic (exact) mass is 387 g/mol. The molecule has 2 N–H and O–H groups in total. The van der Waals surface area contributed by atoms with Gasteiger partial charge in [0, 0.05) is 24.0 Å². The number of urea groups is 1. The number of fused-ring (bicyclic) bond motifs is 1. The van der Waals surface area contributed by atoms with Crippen LogP contribution in [0.3, 0.4) is 0 Å². The fraction of sp³-hybridized carbons (Fsp3) is 0.450. The van der Waals surface area contributed by atoms with Gasteiger partial charge in [0.1, 0.15) is 16.9 Å². The average molecular weight is 387 g/mol. The second-order valence-electron chi connectivity index (χ2n) is 7.48. The predicted octanol–water partition coefficient (Wildman–Crippen LogP) is 2.86. The molecule has 2 fully saturated rings. The second-order valence-corrected chi connectivity index (χ2v) is 7.48. The van der Waals surface area contributed by atoms with E-state index in [1.165, 1.54) is 23.1 Å². The summed E-state index contributed by atoms with van der Waals surface area (Å²) in [6, 6.07) is 3.75. The van der Waals surface area contributed by atoms with Gasteiger partial charge in [-0.15, -0.1) is 0 Å². The van der Waals surface area contributed by atoms with Gasteiger partial charge >= 0.3 is 6.03 Å². The SMILES string of the molecule is Cc1c(C(=O)NCCCN2C(=O)NC3(CCCC3)C2=O)oc2ccc(F)cc12. The highest BCUT2D eigenvalue weighted by atomic mass is 19.1. The summed E-state index contributed by atoms with van der Waals surface area (Å²) in [6.45, 7) is 2.24. The molecule has 2 aliphatic rings. The maximum absolute atomic E-state index is 13.4. The Bertz CT molecular complexity index is 962. The van der Waals surface area contributed by atoms with Gasteiger partial charge in [0.05, 0.1) is 0 Å². The molecular weight excluding hydrogens is 365 g/mol. The van der Waals surface area contributed by atoms with E-state index in [-0.39, 0.29) is 30.8 Å². The van der Waals surface area contributed by atoms with Crippen LogP contribution >= 0.6 is 0 Å². The summed E-state index contributed by atoms with van der Waals surface area (Å²) in [4.78, 5) is 38.3. The van der Waals surface area contributed by atoms with Crippen molar-refractivity contribution in [2.45, 2.75) is 44.6 Å². The molecular formula is C20H22FN3O4. The van der Waals surface area contributed by atoms with Crippen molar-refractivity contribution >= 4 is 28.8 Å². The molecule has 8 heteroatoms. The number of carbonyl (C=O) groups excluding carboxylic acids is 3. The van der Waals surface area contributed by atoms with Crippen molar-refractivity contribution in [3.05, 3.63) is 35.3 Å². The number of rotatable bonds is 5. The molecule has 7 nitrogen and oxygen atoms in total. The number of aryl methyl sites for hydroxylation is 1. The van der Waals surface area contributed by atoms with Gasteiger partial charge in [-0.3, -0.25) is 14.5 Å². The third-order valence-electron chi connectivity index (χ3n) is 5.65. The third kappa shape index (κ3) is 3.02. The first-order chi connectivity index (χ1) is 13.4. The second kappa shape index (κ2) is 6.92. The lowest BCUT2D eigenvalue weighted by Crippen LogP contribution is -2.44. The topological polar surface area (TPSA) is 91.7 Å². The number of hydrogen-bond acceptors (Lipinski definition) is 4. The molecule has 1 spiro atoms. The van der Waals surface area contributed by atoms with Crippen LogP contribution in [0, 0.1) is 12.7 Å². The van der Waals surface area contributed by atoms with Crippen LogP contribution in [0.1, 0.15) is 48.2 Å². The first-order valence-electron chi connectivity index (χ1n) is 9.52. The van der Waals surface area contributed by atoms with Gasteiger partial charge < -0.3 is 15.1 Å². The number of benzene rings is 1. The molecule has 148 valence electrons. The minimum Gasteiger partial charge on any atom is -0.451 e. The molecule has 2 heterocycles. The number of halogens is 1. The molecule has 1 saturated heterocycles. The van der Waals surface area contributed by atoms with E-state index in [2.05, 4.69) is 10.6 Å². The highest BCUT2D eigenvalue weighted by Crippen LogP contribution is 2.35. The highest BCUT2D eigenvalue weighted by Gasteiger charge is 2.51. The molecule has 1 saturated carbocycles. The Morgan fingerprint density at radius 2 is 2.07 bits per heavy atom. The van der Waals surface area contributed by atoms with Crippen molar-refractivity contribution in [3.63, 3.8) is 0 Å². The van der Waals surface area contributed by atoms with Gasteiger partial charge in [-0.05, 0) is 44.4 Å². The summed E-state index contributed by atoms with van der Waals surface area (Å²) < 4.78 is 18.9. The van der Waals surface area contributed by atoms with Crippen molar-refractivity contribution in [1.29, 1.82) is 0 Å². The van der Waals surface area contributed by atoms with Gasteiger partial charge in [0.25, 0.3) is 11.8 Å². The fourth-order valence-electron chi connectivity index (χ4n) is 4.13. The summed E-state index contributed by atoms with van der Waals surface area (Å²) in [5.41, 5.74) is 0.315. The number of hydrogen-bond donors (Lipinski definition) is 2. The van der Waals surface area contributed by atoms with Gasteiger partial charge in [0.15, 0.2) is 5.76 Å². The van der Waals surface area contributed by atoms with E-state index < -0.39 is 17.3 Å². The van der Waals surface area contributed by atoms with Gasteiger partial charge in [-0.1, -0.05) is 12.8 Å². The molecule has 28 heavy (non-hydrogen) atoms. The number of amides is 4. The Hall–Kier alpha value is -2.90. The zero-order chi connectivity index (χ0) is 19.9.